The molecule has 8 heteroatoms. The number of carbonyl (C=O) groups is 2. The number of carboxylic acid groups (broad SMARTS) is 1. The van der Waals surface area contributed by atoms with Crippen LogP contribution >= 0.6 is 23.2 Å². The number of benzene rings is 3. The summed E-state index contributed by atoms with van der Waals surface area (Å²) in [5.41, 5.74) is 2.72. The van der Waals surface area contributed by atoms with Gasteiger partial charge >= 0.3 is 5.97 Å². The number of ether oxygens (including phenoxy) is 1. The summed E-state index contributed by atoms with van der Waals surface area (Å²) in [6.07, 6.45) is 1.12. The van der Waals surface area contributed by atoms with Gasteiger partial charge in [-0.3, -0.25) is 9.59 Å². The monoisotopic (exact) mass is 524 g/mol. The van der Waals surface area contributed by atoms with E-state index in [1.165, 1.54) is 0 Å². The van der Waals surface area contributed by atoms with Crippen LogP contribution in [0.2, 0.25) is 10.0 Å². The minimum Gasteiger partial charge on any atom is -0.485 e. The minimum absolute atomic E-state index is 0.0607. The van der Waals surface area contributed by atoms with Crippen molar-refractivity contribution in [3.8, 4) is 11.8 Å². The number of nitrogens with one attached hydrogen (secondary N) is 1. The molecule has 3 rings (SSSR count). The van der Waals surface area contributed by atoms with Gasteiger partial charge in [0.05, 0.1) is 18.1 Å². The smallest absolute Gasteiger partial charge is 0.305 e. The predicted molar refractivity (Wildman–Crippen MR) is 140 cm³/mol. The number of aliphatic carboxylic acids is 1. The second-order valence-electron chi connectivity index (χ2n) is 8.29. The van der Waals surface area contributed by atoms with Crippen LogP contribution in [0.1, 0.15) is 65.3 Å². The number of rotatable bonds is 11. The molecule has 0 bridgehead atoms. The molecule has 0 aliphatic heterocycles. The largest absolute Gasteiger partial charge is 0.485 e. The van der Waals surface area contributed by atoms with Gasteiger partial charge < -0.3 is 15.2 Å². The zero-order valence-electron chi connectivity index (χ0n) is 19.7. The molecule has 0 saturated heterocycles. The quantitative estimate of drug-likeness (QED) is 0.288. The first-order valence-corrected chi connectivity index (χ1v) is 12.3. The standard InChI is InChI=1S/C28H26Cl2N2O4/c1-2-3-25(19-4-6-21(7-5-19)28(35)32-13-12-26(33)34)27(20-8-10-22(29)11-9-20)36-24-15-18(17-31)14-23(30)16-24/h4-11,14-16,25,27H,2-3,12-13H2,1H3,(H,32,35)(H,33,34). The lowest BCUT2D eigenvalue weighted by molar-refractivity contribution is -0.136. The maximum absolute atomic E-state index is 12.4. The van der Waals surface area contributed by atoms with Crippen molar-refractivity contribution in [2.24, 2.45) is 0 Å². The third-order valence-electron chi connectivity index (χ3n) is 5.65. The highest BCUT2D eigenvalue weighted by atomic mass is 35.5. The Morgan fingerprint density at radius 2 is 1.67 bits per heavy atom. The molecule has 1 amide bonds. The van der Waals surface area contributed by atoms with Crippen LogP contribution in [0.4, 0.5) is 0 Å². The Kier molecular flexibility index (Phi) is 9.75. The summed E-state index contributed by atoms with van der Waals surface area (Å²) in [5, 5.41) is 21.7. The van der Waals surface area contributed by atoms with Crippen LogP contribution < -0.4 is 10.1 Å². The molecule has 2 N–H and O–H groups in total. The van der Waals surface area contributed by atoms with E-state index in [0.29, 0.717) is 26.9 Å². The van der Waals surface area contributed by atoms with Gasteiger partial charge in [0, 0.05) is 28.1 Å². The molecule has 0 aromatic heterocycles. The van der Waals surface area contributed by atoms with Crippen molar-refractivity contribution in [1.82, 2.24) is 5.32 Å². The van der Waals surface area contributed by atoms with Crippen molar-refractivity contribution in [3.05, 3.63) is 99.0 Å². The molecule has 186 valence electrons. The number of hydrogen-bond donors (Lipinski definition) is 2. The molecule has 36 heavy (non-hydrogen) atoms. The van der Waals surface area contributed by atoms with E-state index in [-0.39, 0.29) is 24.8 Å². The molecule has 0 aliphatic rings. The molecule has 3 aromatic rings. The van der Waals surface area contributed by atoms with E-state index in [2.05, 4.69) is 18.3 Å². The molecule has 0 fully saturated rings. The Labute approximate surface area is 220 Å². The third-order valence-corrected chi connectivity index (χ3v) is 6.12. The molecular formula is C28H26Cl2N2O4. The molecule has 6 nitrogen and oxygen atoms in total. The lowest BCUT2D eigenvalue weighted by Crippen LogP contribution is -2.26. The second kappa shape index (κ2) is 13.0. The number of halogens is 2. The van der Waals surface area contributed by atoms with Crippen LogP contribution in [0.15, 0.2) is 66.7 Å². The number of hydrogen-bond acceptors (Lipinski definition) is 4. The summed E-state index contributed by atoms with van der Waals surface area (Å²) >= 11 is 12.3. The fraction of sp³-hybridized carbons (Fsp3) is 0.250. The van der Waals surface area contributed by atoms with E-state index in [0.717, 1.165) is 24.0 Å². The average molecular weight is 525 g/mol. The van der Waals surface area contributed by atoms with Crippen molar-refractivity contribution in [2.75, 3.05) is 6.54 Å². The molecule has 3 aromatic carbocycles. The molecule has 0 aliphatic carbocycles. The normalized spacial score (nSPS) is 12.3. The van der Waals surface area contributed by atoms with Crippen molar-refractivity contribution < 1.29 is 19.4 Å². The highest BCUT2D eigenvalue weighted by Gasteiger charge is 2.27. The van der Waals surface area contributed by atoms with Gasteiger partial charge in [-0.1, -0.05) is 60.8 Å². The number of carboxylic acids is 1. The van der Waals surface area contributed by atoms with Crippen LogP contribution in [0.25, 0.3) is 0 Å². The molecule has 0 spiro atoms. The van der Waals surface area contributed by atoms with Crippen molar-refractivity contribution in [2.45, 2.75) is 38.2 Å². The summed E-state index contributed by atoms with van der Waals surface area (Å²) in [6.45, 7) is 2.15. The Morgan fingerprint density at radius 3 is 2.28 bits per heavy atom. The van der Waals surface area contributed by atoms with Gasteiger partial charge in [0.2, 0.25) is 0 Å². The van der Waals surface area contributed by atoms with Crippen molar-refractivity contribution in [1.29, 1.82) is 5.26 Å². The van der Waals surface area contributed by atoms with Crippen molar-refractivity contribution >= 4 is 35.1 Å². The lowest BCUT2D eigenvalue weighted by Gasteiger charge is -2.29. The zero-order chi connectivity index (χ0) is 26.1. The Morgan fingerprint density at radius 1 is 1.00 bits per heavy atom. The minimum atomic E-state index is -0.970. The fourth-order valence-corrected chi connectivity index (χ4v) is 4.30. The molecule has 2 unspecified atom stereocenters. The van der Waals surface area contributed by atoms with Crippen LogP contribution in [-0.4, -0.2) is 23.5 Å². The van der Waals surface area contributed by atoms with Gasteiger partial charge in [-0.15, -0.1) is 0 Å². The fourth-order valence-electron chi connectivity index (χ4n) is 3.95. The summed E-state index contributed by atoms with van der Waals surface area (Å²) in [7, 11) is 0. The molecule has 2 atom stereocenters. The second-order valence-corrected chi connectivity index (χ2v) is 9.17. The maximum Gasteiger partial charge on any atom is 0.305 e. The molecule has 0 radical (unpaired) electrons. The van der Waals surface area contributed by atoms with E-state index in [1.807, 2.05) is 24.3 Å². The van der Waals surface area contributed by atoms with E-state index < -0.39 is 12.1 Å². The van der Waals surface area contributed by atoms with E-state index in [9.17, 15) is 14.9 Å². The van der Waals surface area contributed by atoms with E-state index in [4.69, 9.17) is 33.0 Å². The predicted octanol–water partition coefficient (Wildman–Crippen LogP) is 6.77. The van der Waals surface area contributed by atoms with Gasteiger partial charge in [-0.05, 0) is 60.0 Å². The maximum atomic E-state index is 12.4. The Bertz CT molecular complexity index is 1240. The first-order valence-electron chi connectivity index (χ1n) is 11.5. The number of nitrogens with zero attached hydrogens (tertiary/aromatic N) is 1. The Balaban J connectivity index is 1.93. The number of carbonyl (C=O) groups excluding carboxylic acids is 1. The van der Waals surface area contributed by atoms with Crippen LogP contribution in [-0.2, 0) is 4.79 Å². The van der Waals surface area contributed by atoms with Gasteiger partial charge in [0.15, 0.2) is 0 Å². The lowest BCUT2D eigenvalue weighted by atomic mass is 9.85. The third kappa shape index (κ3) is 7.48. The van der Waals surface area contributed by atoms with Crippen LogP contribution in [0, 0.1) is 11.3 Å². The average Bonchev–Trinajstić information content (AvgIpc) is 2.86. The number of amides is 1. The van der Waals surface area contributed by atoms with E-state index in [1.54, 1.807) is 42.5 Å². The highest BCUT2D eigenvalue weighted by molar-refractivity contribution is 6.31. The molecule has 0 heterocycles. The highest BCUT2D eigenvalue weighted by Crippen LogP contribution is 2.39. The Hall–Kier alpha value is -3.53. The van der Waals surface area contributed by atoms with Gasteiger partial charge in [0.25, 0.3) is 5.91 Å². The van der Waals surface area contributed by atoms with Gasteiger partial charge in [-0.2, -0.15) is 5.26 Å². The van der Waals surface area contributed by atoms with Gasteiger partial charge in [0.1, 0.15) is 11.9 Å². The molecular weight excluding hydrogens is 499 g/mol. The number of nitriles is 1. The van der Waals surface area contributed by atoms with Crippen molar-refractivity contribution in [3.63, 3.8) is 0 Å². The van der Waals surface area contributed by atoms with Crippen LogP contribution in [0.3, 0.4) is 0 Å². The topological polar surface area (TPSA) is 99.4 Å². The summed E-state index contributed by atoms with van der Waals surface area (Å²) in [6, 6.07) is 21.7. The first-order chi connectivity index (χ1) is 17.3. The van der Waals surface area contributed by atoms with E-state index >= 15 is 0 Å². The summed E-state index contributed by atoms with van der Waals surface area (Å²) in [5.74, 6) is -0.898. The molecule has 0 saturated carbocycles. The van der Waals surface area contributed by atoms with Crippen LogP contribution in [0.5, 0.6) is 5.75 Å². The SMILES string of the molecule is CCCC(c1ccc(C(=O)NCCC(=O)O)cc1)C(Oc1cc(Cl)cc(C#N)c1)c1ccc(Cl)cc1. The summed E-state index contributed by atoms with van der Waals surface area (Å²) in [4.78, 5) is 23.1. The summed E-state index contributed by atoms with van der Waals surface area (Å²) < 4.78 is 6.47. The first kappa shape index (κ1) is 27.1. The zero-order valence-corrected chi connectivity index (χ0v) is 21.2. The van der Waals surface area contributed by atoms with Gasteiger partial charge in [-0.25, -0.2) is 0 Å².